The second-order valence-corrected chi connectivity index (χ2v) is 6.78. The maximum absolute atomic E-state index is 12.7. The number of rotatable bonds is 6. The number of benzene rings is 2. The van der Waals surface area contributed by atoms with Gasteiger partial charge in [0.2, 0.25) is 11.9 Å². The Kier molecular flexibility index (Phi) is 6.19. The third-order valence-corrected chi connectivity index (χ3v) is 4.06. The van der Waals surface area contributed by atoms with Crippen LogP contribution in [-0.4, -0.2) is 21.8 Å². The molecule has 0 aliphatic heterocycles. The van der Waals surface area contributed by atoms with Crippen molar-refractivity contribution in [2.75, 3.05) is 16.0 Å². The lowest BCUT2D eigenvalue weighted by molar-refractivity contribution is -0.114. The van der Waals surface area contributed by atoms with Crippen molar-refractivity contribution in [3.8, 4) is 0 Å². The number of anilines is 3. The molecule has 0 fully saturated rings. The Morgan fingerprint density at radius 2 is 1.62 bits per heavy atom. The van der Waals surface area contributed by atoms with Gasteiger partial charge >= 0.3 is 0 Å². The summed E-state index contributed by atoms with van der Waals surface area (Å²) >= 11 is 0. The summed E-state index contributed by atoms with van der Waals surface area (Å²) in [4.78, 5) is 32.5. The fourth-order valence-electron chi connectivity index (χ4n) is 2.84. The molecule has 0 radical (unpaired) electrons. The molecule has 7 nitrogen and oxygen atoms in total. The van der Waals surface area contributed by atoms with Gasteiger partial charge in [0.1, 0.15) is 5.69 Å². The summed E-state index contributed by atoms with van der Waals surface area (Å²) in [5, 5.41) is 8.66. The Hall–Kier alpha value is -3.74. The van der Waals surface area contributed by atoms with E-state index in [0.717, 1.165) is 5.56 Å². The van der Waals surface area contributed by atoms with Gasteiger partial charge in [-0.25, -0.2) is 9.97 Å². The quantitative estimate of drug-likeness (QED) is 0.594. The van der Waals surface area contributed by atoms with Crippen molar-refractivity contribution in [3.63, 3.8) is 0 Å². The standard InChI is InChI=1S/C22H23N5O2/c1-14-6-4-7-17(10-14)13-23-22-24-15(2)11-20(27-22)21(29)26-19-9-5-8-18(12-19)25-16(3)28/h4-12H,13H2,1-3H3,(H,25,28)(H,26,29)(H,23,24,27). The molecule has 0 aliphatic carbocycles. The molecule has 0 bridgehead atoms. The molecular formula is C22H23N5O2. The van der Waals surface area contributed by atoms with Crippen LogP contribution in [0, 0.1) is 13.8 Å². The van der Waals surface area contributed by atoms with Gasteiger partial charge in [-0.3, -0.25) is 9.59 Å². The number of carbonyl (C=O) groups excluding carboxylic acids is 2. The van der Waals surface area contributed by atoms with Crippen LogP contribution in [0.4, 0.5) is 17.3 Å². The van der Waals surface area contributed by atoms with Crippen molar-refractivity contribution in [1.82, 2.24) is 9.97 Å². The number of hydrogen-bond donors (Lipinski definition) is 3. The van der Waals surface area contributed by atoms with Crippen molar-refractivity contribution in [3.05, 3.63) is 77.1 Å². The molecule has 0 aliphatic rings. The van der Waals surface area contributed by atoms with Crippen molar-refractivity contribution in [1.29, 1.82) is 0 Å². The number of aryl methyl sites for hydroxylation is 2. The van der Waals surface area contributed by atoms with E-state index in [2.05, 4.69) is 32.0 Å². The SMILES string of the molecule is CC(=O)Nc1cccc(NC(=O)c2cc(C)nc(NCc3cccc(C)c3)n2)c1. The van der Waals surface area contributed by atoms with Crippen LogP contribution in [0.1, 0.15) is 34.2 Å². The van der Waals surface area contributed by atoms with Crippen LogP contribution in [0.2, 0.25) is 0 Å². The van der Waals surface area contributed by atoms with Gasteiger partial charge in [-0.15, -0.1) is 0 Å². The van der Waals surface area contributed by atoms with Crippen molar-refractivity contribution < 1.29 is 9.59 Å². The zero-order chi connectivity index (χ0) is 20.8. The minimum atomic E-state index is -0.353. The molecule has 3 N–H and O–H groups in total. The first-order valence-corrected chi connectivity index (χ1v) is 9.23. The highest BCUT2D eigenvalue weighted by Gasteiger charge is 2.11. The number of amides is 2. The van der Waals surface area contributed by atoms with Gasteiger partial charge in [0.25, 0.3) is 5.91 Å². The summed E-state index contributed by atoms with van der Waals surface area (Å²) in [6, 6.07) is 16.7. The van der Waals surface area contributed by atoms with Gasteiger partial charge in [0, 0.05) is 30.5 Å². The third-order valence-electron chi connectivity index (χ3n) is 4.06. The Morgan fingerprint density at radius 1 is 0.897 bits per heavy atom. The van der Waals surface area contributed by atoms with Crippen molar-refractivity contribution in [2.45, 2.75) is 27.3 Å². The molecule has 0 spiro atoms. The molecular weight excluding hydrogens is 366 g/mol. The Balaban J connectivity index is 1.71. The van der Waals surface area contributed by atoms with Crippen LogP contribution in [-0.2, 0) is 11.3 Å². The fourth-order valence-corrected chi connectivity index (χ4v) is 2.84. The Labute approximate surface area is 169 Å². The Bertz CT molecular complexity index is 1050. The van der Waals surface area contributed by atoms with Gasteiger partial charge in [-0.05, 0) is 43.7 Å². The molecule has 0 saturated heterocycles. The average Bonchev–Trinajstić information content (AvgIpc) is 2.66. The van der Waals surface area contributed by atoms with Gasteiger partial charge < -0.3 is 16.0 Å². The lowest BCUT2D eigenvalue weighted by Crippen LogP contribution is -2.16. The van der Waals surface area contributed by atoms with Crippen LogP contribution < -0.4 is 16.0 Å². The molecule has 3 rings (SSSR count). The zero-order valence-electron chi connectivity index (χ0n) is 16.6. The van der Waals surface area contributed by atoms with Crippen LogP contribution in [0.25, 0.3) is 0 Å². The first kappa shape index (κ1) is 20.0. The molecule has 2 aromatic carbocycles. The highest BCUT2D eigenvalue weighted by atomic mass is 16.2. The topological polar surface area (TPSA) is 96.0 Å². The normalized spacial score (nSPS) is 10.3. The maximum Gasteiger partial charge on any atom is 0.274 e. The van der Waals surface area contributed by atoms with Crippen LogP contribution in [0.15, 0.2) is 54.6 Å². The second-order valence-electron chi connectivity index (χ2n) is 6.78. The minimum absolute atomic E-state index is 0.177. The molecule has 148 valence electrons. The van der Waals surface area contributed by atoms with Gasteiger partial charge in [-0.2, -0.15) is 0 Å². The summed E-state index contributed by atoms with van der Waals surface area (Å²) in [5.74, 6) is -0.137. The summed E-state index contributed by atoms with van der Waals surface area (Å²) in [6.45, 7) is 5.84. The summed E-state index contributed by atoms with van der Waals surface area (Å²) in [5.41, 5.74) is 4.39. The molecule has 7 heteroatoms. The van der Waals surface area contributed by atoms with E-state index in [9.17, 15) is 9.59 Å². The average molecular weight is 389 g/mol. The number of aromatic nitrogens is 2. The number of nitrogens with zero attached hydrogens (tertiary/aromatic N) is 2. The smallest absolute Gasteiger partial charge is 0.274 e. The second kappa shape index (κ2) is 8.97. The highest BCUT2D eigenvalue weighted by molar-refractivity contribution is 6.03. The molecule has 0 atom stereocenters. The molecule has 29 heavy (non-hydrogen) atoms. The largest absolute Gasteiger partial charge is 0.350 e. The monoisotopic (exact) mass is 389 g/mol. The lowest BCUT2D eigenvalue weighted by atomic mass is 10.1. The van der Waals surface area contributed by atoms with Crippen LogP contribution >= 0.6 is 0 Å². The first-order valence-electron chi connectivity index (χ1n) is 9.23. The van der Waals surface area contributed by atoms with E-state index in [4.69, 9.17) is 0 Å². The van der Waals surface area contributed by atoms with E-state index in [1.54, 1.807) is 30.3 Å². The Morgan fingerprint density at radius 3 is 2.34 bits per heavy atom. The van der Waals surface area contributed by atoms with E-state index >= 15 is 0 Å². The van der Waals surface area contributed by atoms with Crippen molar-refractivity contribution in [2.24, 2.45) is 0 Å². The number of carbonyl (C=O) groups is 2. The van der Waals surface area contributed by atoms with Crippen molar-refractivity contribution >= 4 is 29.1 Å². The summed E-state index contributed by atoms with van der Waals surface area (Å²) < 4.78 is 0. The van der Waals surface area contributed by atoms with Crippen LogP contribution in [0.3, 0.4) is 0 Å². The predicted octanol–water partition coefficient (Wildman–Crippen LogP) is 3.92. The van der Waals surface area contributed by atoms with Gasteiger partial charge in [0.15, 0.2) is 0 Å². The summed E-state index contributed by atoms with van der Waals surface area (Å²) in [7, 11) is 0. The first-order chi connectivity index (χ1) is 13.9. The van der Waals surface area contributed by atoms with Gasteiger partial charge in [0.05, 0.1) is 0 Å². The number of nitrogens with one attached hydrogen (secondary N) is 3. The van der Waals surface area contributed by atoms with E-state index in [0.29, 0.717) is 29.6 Å². The predicted molar refractivity (Wildman–Crippen MR) is 114 cm³/mol. The fraction of sp³-hybridized carbons (Fsp3) is 0.182. The van der Waals surface area contributed by atoms with Crippen LogP contribution in [0.5, 0.6) is 0 Å². The molecule has 2 amide bonds. The third kappa shape index (κ3) is 5.87. The minimum Gasteiger partial charge on any atom is -0.350 e. The zero-order valence-corrected chi connectivity index (χ0v) is 16.6. The summed E-state index contributed by atoms with van der Waals surface area (Å²) in [6.07, 6.45) is 0. The number of hydrogen-bond acceptors (Lipinski definition) is 5. The van der Waals surface area contributed by atoms with E-state index < -0.39 is 0 Å². The van der Waals surface area contributed by atoms with E-state index in [-0.39, 0.29) is 17.5 Å². The van der Waals surface area contributed by atoms with E-state index in [1.165, 1.54) is 12.5 Å². The molecule has 0 unspecified atom stereocenters. The van der Waals surface area contributed by atoms with Gasteiger partial charge in [-0.1, -0.05) is 35.9 Å². The van der Waals surface area contributed by atoms with E-state index in [1.807, 2.05) is 32.0 Å². The molecule has 1 aromatic heterocycles. The maximum atomic E-state index is 12.7. The molecule has 0 saturated carbocycles. The lowest BCUT2D eigenvalue weighted by Gasteiger charge is -2.10. The molecule has 3 aromatic rings. The highest BCUT2D eigenvalue weighted by Crippen LogP contribution is 2.16. The molecule has 1 heterocycles.